The van der Waals surface area contributed by atoms with Crippen LogP contribution in [0.25, 0.3) is 4.96 Å². The quantitative estimate of drug-likeness (QED) is 0.712. The zero-order valence-corrected chi connectivity index (χ0v) is 15.0. The first-order valence-corrected chi connectivity index (χ1v) is 9.15. The van der Waals surface area contributed by atoms with Crippen molar-refractivity contribution < 1.29 is 4.79 Å². The highest BCUT2D eigenvalue weighted by atomic mass is 32.1. The highest BCUT2D eigenvalue weighted by molar-refractivity contribution is 7.15. The van der Waals surface area contributed by atoms with Crippen molar-refractivity contribution in [1.29, 1.82) is 0 Å². The molecule has 1 atom stereocenters. The van der Waals surface area contributed by atoms with E-state index in [9.17, 15) is 9.59 Å². The number of benzene rings is 1. The van der Waals surface area contributed by atoms with Gasteiger partial charge in [0.2, 0.25) is 0 Å². The molecule has 1 aliphatic rings. The Morgan fingerprint density at radius 2 is 2.04 bits per heavy atom. The third-order valence-electron chi connectivity index (χ3n) is 4.97. The molecule has 5 nitrogen and oxygen atoms in total. The normalized spacial score (nSPS) is 19.4. The highest BCUT2D eigenvalue weighted by Gasteiger charge is 2.42. The van der Waals surface area contributed by atoms with Gasteiger partial charge in [0.05, 0.1) is 0 Å². The summed E-state index contributed by atoms with van der Waals surface area (Å²) < 4.78 is 1.71. The summed E-state index contributed by atoms with van der Waals surface area (Å²) in [6.45, 7) is 5.69. The van der Waals surface area contributed by atoms with Gasteiger partial charge >= 0.3 is 0 Å². The summed E-state index contributed by atoms with van der Waals surface area (Å²) in [7, 11) is 0. The summed E-state index contributed by atoms with van der Waals surface area (Å²) >= 11 is 1.35. The zero-order valence-electron chi connectivity index (χ0n) is 14.2. The molecule has 128 valence electrons. The minimum absolute atomic E-state index is 0.0250. The van der Waals surface area contributed by atoms with Crippen LogP contribution in [0.1, 0.15) is 35.8 Å². The summed E-state index contributed by atoms with van der Waals surface area (Å²) in [4.78, 5) is 31.3. The Morgan fingerprint density at radius 1 is 1.28 bits per heavy atom. The van der Waals surface area contributed by atoms with Crippen molar-refractivity contribution in [1.82, 2.24) is 14.3 Å². The maximum Gasteiger partial charge on any atom is 0.274 e. The Morgan fingerprint density at radius 3 is 2.80 bits per heavy atom. The number of carbonyl (C=O) groups excluding carboxylic acids is 1. The van der Waals surface area contributed by atoms with E-state index in [-0.39, 0.29) is 22.8 Å². The number of aromatic nitrogens is 2. The second-order valence-electron chi connectivity index (χ2n) is 7.17. The number of amides is 1. The van der Waals surface area contributed by atoms with Crippen molar-refractivity contribution in [2.24, 2.45) is 5.41 Å². The van der Waals surface area contributed by atoms with Crippen LogP contribution in [0, 0.1) is 5.41 Å². The molecule has 0 spiro atoms. The van der Waals surface area contributed by atoms with E-state index in [0.29, 0.717) is 23.7 Å². The summed E-state index contributed by atoms with van der Waals surface area (Å²) in [5, 5.41) is 1.83. The molecule has 3 heterocycles. The number of thiazole rings is 1. The van der Waals surface area contributed by atoms with Gasteiger partial charge in [0.1, 0.15) is 5.69 Å². The molecule has 1 amide bonds. The summed E-state index contributed by atoms with van der Waals surface area (Å²) in [5.74, 6) is 0.161. The lowest BCUT2D eigenvalue weighted by Gasteiger charge is -2.25. The Balaban J connectivity index is 1.69. The number of hydrogen-bond acceptors (Lipinski definition) is 4. The Kier molecular flexibility index (Phi) is 3.72. The zero-order chi connectivity index (χ0) is 17.6. The largest absolute Gasteiger partial charge is 0.336 e. The lowest BCUT2D eigenvalue weighted by molar-refractivity contribution is 0.0770. The fourth-order valence-electron chi connectivity index (χ4n) is 3.71. The molecule has 1 fully saturated rings. The molecule has 0 unspecified atom stereocenters. The van der Waals surface area contributed by atoms with Gasteiger partial charge in [-0.1, -0.05) is 44.2 Å². The summed E-state index contributed by atoms with van der Waals surface area (Å²) in [6, 6.07) is 11.7. The van der Waals surface area contributed by atoms with Gasteiger partial charge in [-0.2, -0.15) is 4.98 Å². The third-order valence-corrected chi connectivity index (χ3v) is 5.72. The Hall–Kier alpha value is -2.47. The number of hydrogen-bond donors (Lipinski definition) is 0. The van der Waals surface area contributed by atoms with Gasteiger partial charge < -0.3 is 4.90 Å². The molecule has 4 rings (SSSR count). The van der Waals surface area contributed by atoms with Crippen LogP contribution >= 0.6 is 11.3 Å². The van der Waals surface area contributed by atoms with Crippen LogP contribution in [-0.2, 0) is 0 Å². The molecule has 0 aliphatic carbocycles. The average Bonchev–Trinajstić information content (AvgIpc) is 3.17. The first-order chi connectivity index (χ1) is 12.0. The van der Waals surface area contributed by atoms with Crippen molar-refractivity contribution in [3.05, 3.63) is 69.6 Å². The van der Waals surface area contributed by atoms with Crippen LogP contribution in [0.15, 0.2) is 52.8 Å². The standard InChI is InChI=1S/C19H19N3O2S/c1-19(2)12-21(11-14(19)13-6-4-3-5-7-13)17(24)15-10-16(23)20-18-22(15)8-9-25-18/h3-10,14H,11-12H2,1-2H3/t14-/m1/s1. The SMILES string of the molecule is CC1(C)CN(C(=O)c2cc(=O)nc3sccn23)C[C@@H]1c1ccccc1. The van der Waals surface area contributed by atoms with Gasteiger partial charge in [0.15, 0.2) is 4.96 Å². The third kappa shape index (κ3) is 2.76. The van der Waals surface area contributed by atoms with Crippen molar-refractivity contribution >= 4 is 22.2 Å². The topological polar surface area (TPSA) is 54.7 Å². The molecule has 0 radical (unpaired) electrons. The predicted molar refractivity (Wildman–Crippen MR) is 98.2 cm³/mol. The van der Waals surface area contributed by atoms with Crippen molar-refractivity contribution in [2.75, 3.05) is 13.1 Å². The molecule has 1 aliphatic heterocycles. The molecule has 0 bridgehead atoms. The number of rotatable bonds is 2. The van der Waals surface area contributed by atoms with Crippen LogP contribution in [0.3, 0.4) is 0 Å². The Bertz CT molecular complexity index is 991. The van der Waals surface area contributed by atoms with Crippen LogP contribution in [0.4, 0.5) is 0 Å². The lowest BCUT2D eigenvalue weighted by atomic mass is 9.78. The maximum absolute atomic E-state index is 13.1. The molecular weight excluding hydrogens is 334 g/mol. The molecular formula is C19H19N3O2S. The molecule has 0 N–H and O–H groups in total. The monoisotopic (exact) mass is 353 g/mol. The van der Waals surface area contributed by atoms with Gasteiger partial charge in [0.25, 0.3) is 11.5 Å². The van der Waals surface area contributed by atoms with Gasteiger partial charge in [0, 0.05) is 36.7 Å². The number of nitrogens with zero attached hydrogens (tertiary/aromatic N) is 3. The van der Waals surface area contributed by atoms with Gasteiger partial charge in [-0.05, 0) is 11.0 Å². The molecule has 1 saturated heterocycles. The van der Waals surface area contributed by atoms with E-state index in [4.69, 9.17) is 0 Å². The van der Waals surface area contributed by atoms with Crippen LogP contribution < -0.4 is 5.56 Å². The lowest BCUT2D eigenvalue weighted by Crippen LogP contribution is -2.32. The van der Waals surface area contributed by atoms with E-state index in [0.717, 1.165) is 0 Å². The highest BCUT2D eigenvalue weighted by Crippen LogP contribution is 2.42. The molecule has 1 aromatic carbocycles. The van der Waals surface area contributed by atoms with Gasteiger partial charge in [-0.15, -0.1) is 11.3 Å². The average molecular weight is 353 g/mol. The fourth-order valence-corrected chi connectivity index (χ4v) is 4.43. The van der Waals surface area contributed by atoms with E-state index in [1.807, 2.05) is 28.5 Å². The molecule has 3 aromatic rings. The second kappa shape index (κ2) is 5.81. The first kappa shape index (κ1) is 16.0. The molecule has 25 heavy (non-hydrogen) atoms. The van der Waals surface area contributed by atoms with E-state index in [2.05, 4.69) is 31.0 Å². The molecule has 6 heteroatoms. The second-order valence-corrected chi connectivity index (χ2v) is 8.05. The van der Waals surface area contributed by atoms with Crippen LogP contribution in [-0.4, -0.2) is 33.3 Å². The van der Waals surface area contributed by atoms with E-state index in [1.54, 1.807) is 10.6 Å². The summed E-state index contributed by atoms with van der Waals surface area (Å²) in [6.07, 6.45) is 1.79. The smallest absolute Gasteiger partial charge is 0.274 e. The van der Waals surface area contributed by atoms with Gasteiger partial charge in [-0.3, -0.25) is 14.0 Å². The molecule has 0 saturated carbocycles. The van der Waals surface area contributed by atoms with E-state index >= 15 is 0 Å². The minimum Gasteiger partial charge on any atom is -0.336 e. The van der Waals surface area contributed by atoms with Crippen LogP contribution in [0.5, 0.6) is 0 Å². The molecule has 2 aromatic heterocycles. The maximum atomic E-state index is 13.1. The number of carbonyl (C=O) groups is 1. The van der Waals surface area contributed by atoms with Gasteiger partial charge in [-0.25, -0.2) is 0 Å². The van der Waals surface area contributed by atoms with E-state index < -0.39 is 0 Å². The van der Waals surface area contributed by atoms with Crippen LogP contribution in [0.2, 0.25) is 0 Å². The first-order valence-electron chi connectivity index (χ1n) is 8.27. The predicted octanol–water partition coefficient (Wildman–Crippen LogP) is 3.02. The fraction of sp³-hybridized carbons (Fsp3) is 0.316. The number of likely N-dealkylation sites (tertiary alicyclic amines) is 1. The van der Waals surface area contributed by atoms with Crippen molar-refractivity contribution in [3.8, 4) is 0 Å². The minimum atomic E-state index is -0.371. The summed E-state index contributed by atoms with van der Waals surface area (Å²) in [5.41, 5.74) is 1.24. The Labute approximate surface area is 149 Å². The van der Waals surface area contributed by atoms with E-state index in [1.165, 1.54) is 23.0 Å². The number of fused-ring (bicyclic) bond motifs is 1. The van der Waals surface area contributed by atoms with Crippen molar-refractivity contribution in [2.45, 2.75) is 19.8 Å². The van der Waals surface area contributed by atoms with Crippen molar-refractivity contribution in [3.63, 3.8) is 0 Å².